The number of aliphatic carboxylic acids is 1. The van der Waals surface area contributed by atoms with Gasteiger partial charge in [-0.05, 0) is 6.92 Å². The molecule has 0 heterocycles. The molecule has 0 aliphatic carbocycles. The van der Waals surface area contributed by atoms with Crippen molar-refractivity contribution in [2.75, 3.05) is 6.61 Å². The molecule has 0 aliphatic rings. The Balaban J connectivity index is 4.62. The van der Waals surface area contributed by atoms with Gasteiger partial charge in [-0.25, -0.2) is 13.9 Å². The first-order valence-electron chi connectivity index (χ1n) is 4.68. The predicted octanol–water partition coefficient (Wildman–Crippen LogP) is 0.0737. The first-order chi connectivity index (χ1) is 8.61. The van der Waals surface area contributed by atoms with Crippen LogP contribution in [0.15, 0.2) is 0 Å². The van der Waals surface area contributed by atoms with Crippen molar-refractivity contribution in [2.24, 2.45) is 0 Å². The summed E-state index contributed by atoms with van der Waals surface area (Å²) >= 11 is 0. The van der Waals surface area contributed by atoms with Gasteiger partial charge < -0.3 is 24.9 Å². The molecule has 0 saturated carbocycles. The minimum Gasteiger partial charge on any atom is -0.477 e. The highest BCUT2D eigenvalue weighted by Crippen LogP contribution is 2.57. The summed E-state index contributed by atoms with van der Waals surface area (Å²) in [7, 11) is -10.6. The van der Waals surface area contributed by atoms with E-state index in [-0.39, 0.29) is 0 Å². The smallest absolute Gasteiger partial charge is 0.477 e. The Labute approximate surface area is 110 Å². The lowest BCUT2D eigenvalue weighted by atomic mass is 9.94. The van der Waals surface area contributed by atoms with Crippen LogP contribution in [0.2, 0.25) is 0 Å². The van der Waals surface area contributed by atoms with Crippen LogP contribution in [0.1, 0.15) is 13.3 Å². The van der Waals surface area contributed by atoms with Gasteiger partial charge in [-0.1, -0.05) is 0 Å². The number of rotatable bonds is 8. The van der Waals surface area contributed by atoms with E-state index in [0.717, 1.165) is 0 Å². The number of carboxylic acids is 1. The van der Waals surface area contributed by atoms with E-state index in [1.165, 1.54) is 0 Å². The summed E-state index contributed by atoms with van der Waals surface area (Å²) in [5, 5.41) is 17.5. The predicted molar refractivity (Wildman–Crippen MR) is 56.7 cm³/mol. The molecule has 10 nitrogen and oxygen atoms in total. The van der Waals surface area contributed by atoms with E-state index in [4.69, 9.17) is 19.8 Å². The number of carboxylic acid groups (broad SMARTS) is 1. The zero-order chi connectivity index (χ0) is 16.4. The Kier molecular flexibility index (Phi) is 5.98. The molecule has 5 N–H and O–H groups in total. The second-order valence-electron chi connectivity index (χ2n) is 3.78. The lowest BCUT2D eigenvalue weighted by Gasteiger charge is -2.29. The molecule has 0 spiro atoms. The lowest BCUT2D eigenvalue weighted by Crippen LogP contribution is -2.51. The third-order valence-electron chi connectivity index (χ3n) is 2.00. The molecule has 0 aliphatic heterocycles. The monoisotopic (exact) mass is 344 g/mol. The molecule has 20 heavy (non-hydrogen) atoms. The van der Waals surface area contributed by atoms with Crippen molar-refractivity contribution in [3.8, 4) is 0 Å². The van der Waals surface area contributed by atoms with Crippen molar-refractivity contribution >= 4 is 21.6 Å². The van der Waals surface area contributed by atoms with Crippen LogP contribution >= 0.6 is 15.6 Å². The van der Waals surface area contributed by atoms with Gasteiger partial charge in [0.1, 0.15) is 5.60 Å². The Morgan fingerprint density at radius 2 is 1.70 bits per heavy atom. The van der Waals surface area contributed by atoms with Gasteiger partial charge in [0.25, 0.3) is 0 Å². The second-order valence-corrected chi connectivity index (χ2v) is 6.61. The highest BCUT2D eigenvalue weighted by atomic mass is 31.3. The van der Waals surface area contributed by atoms with Crippen molar-refractivity contribution in [2.45, 2.75) is 24.9 Å². The number of aliphatic hydroxyl groups is 1. The number of hydrogen-bond donors (Lipinski definition) is 5. The maximum atomic E-state index is 13.0. The maximum Gasteiger partial charge on any atom is 0.481 e. The molecular formula is C6H12F2O10P2. The van der Waals surface area contributed by atoms with Gasteiger partial charge in [0.2, 0.25) is 0 Å². The van der Waals surface area contributed by atoms with Crippen LogP contribution in [0.3, 0.4) is 0 Å². The number of phosphoric acid groups is 2. The molecule has 0 radical (unpaired) electrons. The van der Waals surface area contributed by atoms with Gasteiger partial charge in [-0.3, -0.25) is 4.52 Å². The fourth-order valence-electron chi connectivity index (χ4n) is 0.905. The number of alkyl halides is 2. The number of hydrogen-bond acceptors (Lipinski definition) is 6. The average Bonchev–Trinajstić information content (AvgIpc) is 2.11. The zero-order valence-electron chi connectivity index (χ0n) is 9.84. The van der Waals surface area contributed by atoms with E-state index in [0.29, 0.717) is 6.92 Å². The molecule has 2 atom stereocenters. The molecule has 0 fully saturated rings. The van der Waals surface area contributed by atoms with Crippen LogP contribution in [-0.4, -0.2) is 49.0 Å². The first-order valence-corrected chi connectivity index (χ1v) is 7.71. The SMILES string of the molecule is CC(O)(CCOP(=O)(O)OP(=O)(O)O)C(F)(F)C(=O)O. The van der Waals surface area contributed by atoms with E-state index in [9.17, 15) is 27.8 Å². The van der Waals surface area contributed by atoms with Gasteiger partial charge in [-0.15, -0.1) is 0 Å². The number of halogens is 2. The normalized spacial score (nSPS) is 19.1. The standard InChI is InChI=1S/C6H12F2O10P2/c1-5(11,6(7,8)4(9)10)2-3-17-20(15,16)18-19(12,13)14/h11H,2-3H2,1H3,(H,9,10)(H,15,16)(H2,12,13,14). The molecule has 0 bridgehead atoms. The van der Waals surface area contributed by atoms with Gasteiger partial charge in [0.15, 0.2) is 0 Å². The fraction of sp³-hybridized carbons (Fsp3) is 0.833. The van der Waals surface area contributed by atoms with E-state index in [1.54, 1.807) is 0 Å². The van der Waals surface area contributed by atoms with Crippen LogP contribution in [0, 0.1) is 0 Å². The quantitative estimate of drug-likeness (QED) is 0.380. The zero-order valence-corrected chi connectivity index (χ0v) is 11.6. The molecule has 0 amide bonds. The summed E-state index contributed by atoms with van der Waals surface area (Å²) in [6.07, 6.45) is -1.12. The van der Waals surface area contributed by atoms with Gasteiger partial charge in [-0.2, -0.15) is 13.1 Å². The van der Waals surface area contributed by atoms with Crippen LogP contribution in [-0.2, 0) is 22.8 Å². The van der Waals surface area contributed by atoms with Crippen LogP contribution in [0.4, 0.5) is 8.78 Å². The minimum absolute atomic E-state index is 0.441. The van der Waals surface area contributed by atoms with Gasteiger partial charge >= 0.3 is 27.5 Å². The molecule has 120 valence electrons. The highest BCUT2D eigenvalue weighted by molar-refractivity contribution is 7.60. The molecular weight excluding hydrogens is 332 g/mol. The van der Waals surface area contributed by atoms with Gasteiger partial charge in [0, 0.05) is 6.42 Å². The molecule has 0 aromatic heterocycles. The Morgan fingerprint density at radius 3 is 2.05 bits per heavy atom. The van der Waals surface area contributed by atoms with Crippen LogP contribution in [0.5, 0.6) is 0 Å². The largest absolute Gasteiger partial charge is 0.481 e. The van der Waals surface area contributed by atoms with Crippen molar-refractivity contribution in [3.05, 3.63) is 0 Å². The van der Waals surface area contributed by atoms with Crippen molar-refractivity contribution in [1.29, 1.82) is 0 Å². The highest BCUT2D eigenvalue weighted by Gasteiger charge is 2.55. The molecule has 0 aromatic rings. The third-order valence-corrected chi connectivity index (χ3v) is 4.18. The summed E-state index contributed by atoms with van der Waals surface area (Å²) in [5.41, 5.74) is -3.12. The summed E-state index contributed by atoms with van der Waals surface area (Å²) < 4.78 is 54.5. The lowest BCUT2D eigenvalue weighted by molar-refractivity contribution is -0.206. The first kappa shape index (κ1) is 19.6. The van der Waals surface area contributed by atoms with Crippen molar-refractivity contribution in [1.82, 2.24) is 0 Å². The van der Waals surface area contributed by atoms with Crippen molar-refractivity contribution in [3.63, 3.8) is 0 Å². The number of phosphoric ester groups is 1. The topological polar surface area (TPSA) is 171 Å². The van der Waals surface area contributed by atoms with Gasteiger partial charge in [0.05, 0.1) is 6.61 Å². The van der Waals surface area contributed by atoms with Crippen LogP contribution < -0.4 is 0 Å². The molecule has 2 unspecified atom stereocenters. The summed E-state index contributed by atoms with van der Waals surface area (Å²) in [5.74, 6) is -7.19. The summed E-state index contributed by atoms with van der Waals surface area (Å²) in [4.78, 5) is 35.5. The summed E-state index contributed by atoms with van der Waals surface area (Å²) in [6, 6.07) is 0. The Bertz CT molecular complexity index is 457. The van der Waals surface area contributed by atoms with Crippen molar-refractivity contribution < 1.29 is 56.4 Å². The van der Waals surface area contributed by atoms with Crippen LogP contribution in [0.25, 0.3) is 0 Å². The Hall–Kier alpha value is -0.450. The summed E-state index contributed by atoms with van der Waals surface area (Å²) in [6.45, 7) is -0.680. The molecule has 0 rings (SSSR count). The van der Waals surface area contributed by atoms with E-state index >= 15 is 0 Å². The third kappa shape index (κ3) is 5.90. The maximum absolute atomic E-state index is 13.0. The molecule has 0 aromatic carbocycles. The van der Waals surface area contributed by atoms with E-state index < -0.39 is 46.2 Å². The molecule has 14 heteroatoms. The number of carbonyl (C=O) groups is 1. The van der Waals surface area contributed by atoms with E-state index in [1.807, 2.05) is 0 Å². The fourth-order valence-corrected chi connectivity index (χ4v) is 2.49. The van der Waals surface area contributed by atoms with E-state index in [2.05, 4.69) is 8.83 Å². The average molecular weight is 344 g/mol. The molecule has 0 saturated heterocycles. The second kappa shape index (κ2) is 6.12. The Morgan fingerprint density at radius 1 is 1.25 bits per heavy atom. The minimum atomic E-state index is -5.36.